The van der Waals surface area contributed by atoms with Gasteiger partial charge < -0.3 is 15.4 Å². The number of carbonyl (C=O) groups excluding carboxylic acids is 2. The summed E-state index contributed by atoms with van der Waals surface area (Å²) < 4.78 is 18.2. The number of esters is 1. The van der Waals surface area contributed by atoms with Crippen molar-refractivity contribution in [2.45, 2.75) is 25.0 Å². The molecule has 0 saturated carbocycles. The van der Waals surface area contributed by atoms with Crippen LogP contribution in [-0.4, -0.2) is 34.8 Å². The molecular weight excluding hydrogens is 383 g/mol. The van der Waals surface area contributed by atoms with E-state index in [4.69, 9.17) is 4.74 Å². The number of thioether (sulfide) groups is 1. The molecule has 1 aromatic carbocycles. The molecule has 1 aliphatic rings. The minimum Gasteiger partial charge on any atom is -0.466 e. The lowest BCUT2D eigenvalue weighted by molar-refractivity contribution is -0.136. The highest BCUT2D eigenvalue weighted by Crippen LogP contribution is 2.30. The maximum atomic E-state index is 13.3. The van der Waals surface area contributed by atoms with Gasteiger partial charge in [-0.15, -0.1) is 0 Å². The minimum absolute atomic E-state index is 0.255. The van der Waals surface area contributed by atoms with E-state index in [9.17, 15) is 14.0 Å². The first-order valence-corrected chi connectivity index (χ1v) is 9.45. The largest absolute Gasteiger partial charge is 0.466 e. The highest BCUT2D eigenvalue weighted by atomic mass is 32.2. The Morgan fingerprint density at radius 1 is 1.21 bits per heavy atom. The monoisotopic (exact) mass is 402 g/mol. The Kier molecular flexibility index (Phi) is 5.93. The van der Waals surface area contributed by atoms with Crippen LogP contribution in [0, 0.1) is 19.7 Å². The lowest BCUT2D eigenvalue weighted by Crippen LogP contribution is -2.46. The van der Waals surface area contributed by atoms with Crippen molar-refractivity contribution >= 4 is 23.8 Å². The molecule has 2 amide bonds. The van der Waals surface area contributed by atoms with Gasteiger partial charge in [0.25, 0.3) is 0 Å². The summed E-state index contributed by atoms with van der Waals surface area (Å²) in [7, 11) is 1.27. The normalized spacial score (nSPS) is 16.4. The van der Waals surface area contributed by atoms with Crippen LogP contribution in [-0.2, 0) is 9.53 Å². The zero-order valence-electron chi connectivity index (χ0n) is 15.6. The van der Waals surface area contributed by atoms with Crippen LogP contribution in [0.15, 0.2) is 46.8 Å². The van der Waals surface area contributed by atoms with Crippen LogP contribution in [0.5, 0.6) is 0 Å². The quantitative estimate of drug-likeness (QED) is 0.454. The van der Waals surface area contributed by atoms with E-state index in [0.29, 0.717) is 16.4 Å². The van der Waals surface area contributed by atoms with Gasteiger partial charge in [0, 0.05) is 22.8 Å². The summed E-state index contributed by atoms with van der Waals surface area (Å²) in [4.78, 5) is 33.4. The fourth-order valence-corrected chi connectivity index (χ4v) is 3.80. The van der Waals surface area contributed by atoms with Crippen molar-refractivity contribution in [2.75, 3.05) is 12.9 Å². The summed E-state index contributed by atoms with van der Waals surface area (Å²) >= 11 is 1.30. The van der Waals surface area contributed by atoms with Crippen LogP contribution >= 0.6 is 11.8 Å². The first-order chi connectivity index (χ1) is 13.4. The van der Waals surface area contributed by atoms with Crippen molar-refractivity contribution in [3.8, 4) is 0 Å². The van der Waals surface area contributed by atoms with Gasteiger partial charge in [0.1, 0.15) is 5.82 Å². The second-order valence-electron chi connectivity index (χ2n) is 6.19. The average Bonchev–Trinajstić information content (AvgIpc) is 2.65. The fourth-order valence-electron chi connectivity index (χ4n) is 2.88. The van der Waals surface area contributed by atoms with Crippen LogP contribution < -0.4 is 10.6 Å². The number of amides is 2. The molecule has 0 radical (unpaired) electrons. The third kappa shape index (κ3) is 4.48. The summed E-state index contributed by atoms with van der Waals surface area (Å²) in [5.74, 6) is -0.729. The van der Waals surface area contributed by atoms with E-state index in [1.807, 2.05) is 19.9 Å². The second-order valence-corrected chi connectivity index (χ2v) is 7.13. The molecule has 3 rings (SSSR count). The van der Waals surface area contributed by atoms with E-state index in [-0.39, 0.29) is 11.3 Å². The SMILES string of the molecule is COC(=O)C1=C(CSc2nc(C)cc(C)n2)NC(=O)N[C@H]1c1ccc(F)cc1. The standard InChI is InChI=1S/C19H19FN4O3S/c1-10-8-11(2)22-19(21-10)28-9-14-15(17(25)27-3)16(24-18(26)23-14)12-4-6-13(20)7-5-12/h4-8,16H,9H2,1-3H3,(H2,23,24,26)/t16-/m0/s1. The van der Waals surface area contributed by atoms with Crippen molar-refractivity contribution < 1.29 is 18.7 Å². The van der Waals surface area contributed by atoms with Crippen LogP contribution in [0.2, 0.25) is 0 Å². The summed E-state index contributed by atoms with van der Waals surface area (Å²) in [6.07, 6.45) is 0. The van der Waals surface area contributed by atoms with Gasteiger partial charge in [0.05, 0.1) is 18.7 Å². The van der Waals surface area contributed by atoms with Gasteiger partial charge >= 0.3 is 12.0 Å². The lowest BCUT2D eigenvalue weighted by Gasteiger charge is -2.29. The highest BCUT2D eigenvalue weighted by molar-refractivity contribution is 7.99. The molecule has 1 aromatic heterocycles. The Morgan fingerprint density at radius 2 is 1.86 bits per heavy atom. The maximum absolute atomic E-state index is 13.3. The van der Waals surface area contributed by atoms with E-state index < -0.39 is 23.9 Å². The molecular formula is C19H19FN4O3S. The first kappa shape index (κ1) is 19.8. The molecule has 1 aliphatic heterocycles. The molecule has 0 unspecified atom stereocenters. The third-order valence-corrected chi connectivity index (χ3v) is 4.94. The van der Waals surface area contributed by atoms with E-state index in [0.717, 1.165) is 11.4 Å². The van der Waals surface area contributed by atoms with Crippen LogP contribution in [0.4, 0.5) is 9.18 Å². The number of halogens is 1. The zero-order chi connectivity index (χ0) is 20.3. The number of hydrogen-bond acceptors (Lipinski definition) is 6. The maximum Gasteiger partial charge on any atom is 0.338 e. The number of nitrogens with zero attached hydrogens (tertiary/aromatic N) is 2. The minimum atomic E-state index is -0.752. The molecule has 28 heavy (non-hydrogen) atoms. The number of aromatic nitrogens is 2. The zero-order valence-corrected chi connectivity index (χ0v) is 16.4. The summed E-state index contributed by atoms with van der Waals surface area (Å²) in [5.41, 5.74) is 2.89. The molecule has 146 valence electrons. The first-order valence-electron chi connectivity index (χ1n) is 8.47. The smallest absolute Gasteiger partial charge is 0.338 e. The summed E-state index contributed by atoms with van der Waals surface area (Å²) in [6.45, 7) is 3.74. The van der Waals surface area contributed by atoms with Crippen LogP contribution in [0.25, 0.3) is 0 Å². The van der Waals surface area contributed by atoms with Crippen molar-refractivity contribution in [1.82, 2.24) is 20.6 Å². The van der Waals surface area contributed by atoms with Crippen molar-refractivity contribution in [1.29, 1.82) is 0 Å². The Balaban J connectivity index is 1.96. The number of nitrogens with one attached hydrogen (secondary N) is 2. The number of rotatable bonds is 5. The Morgan fingerprint density at radius 3 is 2.46 bits per heavy atom. The van der Waals surface area contributed by atoms with E-state index in [2.05, 4.69) is 20.6 Å². The van der Waals surface area contributed by atoms with Gasteiger partial charge in [-0.3, -0.25) is 0 Å². The summed E-state index contributed by atoms with van der Waals surface area (Å²) in [6, 6.07) is 6.24. The molecule has 0 fully saturated rings. The van der Waals surface area contributed by atoms with Crippen LogP contribution in [0.3, 0.4) is 0 Å². The number of carbonyl (C=O) groups is 2. The average molecular weight is 402 g/mol. The Hall–Kier alpha value is -2.94. The number of benzene rings is 1. The van der Waals surface area contributed by atoms with Gasteiger partial charge in [-0.25, -0.2) is 23.9 Å². The predicted octanol–water partition coefficient (Wildman–Crippen LogP) is 2.81. The van der Waals surface area contributed by atoms with E-state index in [1.165, 1.54) is 43.1 Å². The number of aryl methyl sites for hydroxylation is 2. The van der Waals surface area contributed by atoms with Crippen molar-refractivity contribution in [3.63, 3.8) is 0 Å². The van der Waals surface area contributed by atoms with Gasteiger partial charge in [-0.2, -0.15) is 0 Å². The van der Waals surface area contributed by atoms with Gasteiger partial charge in [-0.1, -0.05) is 23.9 Å². The number of methoxy groups -OCH3 is 1. The molecule has 1 atom stereocenters. The van der Waals surface area contributed by atoms with Crippen molar-refractivity contribution in [2.24, 2.45) is 0 Å². The molecule has 2 heterocycles. The van der Waals surface area contributed by atoms with Gasteiger partial charge in [-0.05, 0) is 37.6 Å². The van der Waals surface area contributed by atoms with Crippen LogP contribution in [0.1, 0.15) is 23.0 Å². The third-order valence-electron chi connectivity index (χ3n) is 4.07. The summed E-state index contributed by atoms with van der Waals surface area (Å²) in [5, 5.41) is 5.90. The molecule has 2 aromatic rings. The van der Waals surface area contributed by atoms with Crippen molar-refractivity contribution in [3.05, 3.63) is 64.4 Å². The predicted molar refractivity (Wildman–Crippen MR) is 102 cm³/mol. The molecule has 9 heteroatoms. The highest BCUT2D eigenvalue weighted by Gasteiger charge is 2.33. The van der Waals surface area contributed by atoms with Gasteiger partial charge in [0.15, 0.2) is 5.16 Å². The Bertz CT molecular complexity index is 926. The number of hydrogen-bond donors (Lipinski definition) is 2. The topological polar surface area (TPSA) is 93.2 Å². The van der Waals surface area contributed by atoms with E-state index in [1.54, 1.807) is 0 Å². The molecule has 0 aliphatic carbocycles. The number of ether oxygens (including phenoxy) is 1. The molecule has 0 spiro atoms. The lowest BCUT2D eigenvalue weighted by atomic mass is 9.95. The molecule has 7 nitrogen and oxygen atoms in total. The van der Waals surface area contributed by atoms with Gasteiger partial charge in [0.2, 0.25) is 0 Å². The molecule has 0 bridgehead atoms. The fraction of sp³-hybridized carbons (Fsp3) is 0.263. The van der Waals surface area contributed by atoms with E-state index >= 15 is 0 Å². The molecule has 2 N–H and O–H groups in total. The number of urea groups is 1. The Labute approximate surface area is 165 Å². The molecule has 0 saturated heterocycles. The second kappa shape index (κ2) is 8.39.